The molecule has 0 saturated heterocycles. The van der Waals surface area contributed by atoms with Crippen LogP contribution >= 0.6 is 11.3 Å². The molecule has 0 atom stereocenters. The molecule has 0 bridgehead atoms. The van der Waals surface area contributed by atoms with E-state index in [1.54, 1.807) is 48.5 Å². The van der Waals surface area contributed by atoms with Crippen molar-refractivity contribution in [3.8, 4) is 39.2 Å². The lowest BCUT2D eigenvalue weighted by Crippen LogP contribution is -2.12. The topological polar surface area (TPSA) is 91.8 Å². The number of allylic oxidation sites excluding steroid dienone is 6. The van der Waals surface area contributed by atoms with Crippen molar-refractivity contribution in [3.63, 3.8) is 0 Å². The highest BCUT2D eigenvalue weighted by Gasteiger charge is 2.27. The van der Waals surface area contributed by atoms with Gasteiger partial charge in [0.15, 0.2) is 0 Å². The molecule has 0 fully saturated rings. The number of ether oxygens (including phenoxy) is 1. The van der Waals surface area contributed by atoms with Crippen LogP contribution in [-0.4, -0.2) is 12.8 Å². The number of rotatable bonds is 9. The van der Waals surface area contributed by atoms with Crippen molar-refractivity contribution in [2.24, 2.45) is 0 Å². The summed E-state index contributed by atoms with van der Waals surface area (Å²) in [6.45, 7) is 13.2. The second-order valence-corrected chi connectivity index (χ2v) is 8.24. The average Bonchev–Trinajstić information content (AvgIpc) is 3.64. The number of hydrogen-bond acceptors (Lipinski definition) is 6. The summed E-state index contributed by atoms with van der Waals surface area (Å²) in [7, 11) is 0. The Labute approximate surface area is 219 Å². The van der Waals surface area contributed by atoms with Gasteiger partial charge in [0, 0.05) is 6.07 Å². The number of furan rings is 2. The summed E-state index contributed by atoms with van der Waals surface area (Å²) in [6.07, 6.45) is 3.23. The molecule has 3 aromatic rings. The zero-order chi connectivity index (χ0) is 27.5. The number of nitriles is 2. The maximum Gasteiger partial charge on any atom is 0.392 e. The highest BCUT2D eigenvalue weighted by molar-refractivity contribution is 7.19. The van der Waals surface area contributed by atoms with Gasteiger partial charge in [-0.15, -0.1) is 11.3 Å². The first-order chi connectivity index (χ1) is 18.3. The van der Waals surface area contributed by atoms with Crippen LogP contribution in [0.4, 0.5) is 13.2 Å². The van der Waals surface area contributed by atoms with Gasteiger partial charge in [0.2, 0.25) is 0 Å². The van der Waals surface area contributed by atoms with Crippen LogP contribution < -0.4 is 4.74 Å². The molecule has 3 aromatic heterocycles. The Morgan fingerprint density at radius 2 is 1.50 bits per heavy atom. The van der Waals surface area contributed by atoms with E-state index >= 15 is 0 Å². The van der Waals surface area contributed by atoms with Crippen LogP contribution in [0.3, 0.4) is 0 Å². The molecule has 11 heteroatoms. The maximum atomic E-state index is 12.7. The molecule has 38 heavy (non-hydrogen) atoms. The predicted octanol–water partition coefficient (Wildman–Crippen LogP) is 8.28. The molecule has 0 aliphatic rings. The Morgan fingerprint density at radius 1 is 0.947 bits per heavy atom. The van der Waals surface area contributed by atoms with Gasteiger partial charge in [-0.2, -0.15) is 13.2 Å². The average molecular weight is 533 g/mol. The van der Waals surface area contributed by atoms with Crippen molar-refractivity contribution in [1.82, 2.24) is 0 Å². The van der Waals surface area contributed by atoms with E-state index in [0.29, 0.717) is 32.8 Å². The van der Waals surface area contributed by atoms with Crippen molar-refractivity contribution in [2.45, 2.75) is 12.6 Å². The van der Waals surface area contributed by atoms with Crippen molar-refractivity contribution in [3.05, 3.63) is 100 Å². The van der Waals surface area contributed by atoms with Crippen molar-refractivity contribution in [1.29, 1.82) is 10.5 Å². The Hall–Kier alpha value is -5.23. The van der Waals surface area contributed by atoms with E-state index in [-0.39, 0.29) is 17.1 Å². The monoisotopic (exact) mass is 532 g/mol. The first-order valence-corrected chi connectivity index (χ1v) is 11.4. The van der Waals surface area contributed by atoms with Crippen LogP contribution in [0.25, 0.3) is 43.1 Å². The molecule has 3 heterocycles. The first kappa shape index (κ1) is 27.4. The lowest BCUT2D eigenvalue weighted by Gasteiger charge is -2.08. The molecule has 3 rings (SSSR count). The Morgan fingerprint density at radius 3 is 2.03 bits per heavy atom. The molecule has 0 aromatic carbocycles. The molecule has 0 radical (unpaired) electrons. The van der Waals surface area contributed by atoms with E-state index in [0.717, 1.165) is 0 Å². The molecule has 7 nitrogen and oxygen atoms in total. The van der Waals surface area contributed by atoms with Gasteiger partial charge in [-0.25, -0.2) is 20.2 Å². The van der Waals surface area contributed by atoms with Crippen molar-refractivity contribution in [2.75, 3.05) is 6.61 Å². The van der Waals surface area contributed by atoms with Crippen LogP contribution in [-0.2, 0) is 0 Å². The predicted molar refractivity (Wildman–Crippen MR) is 135 cm³/mol. The highest BCUT2D eigenvalue weighted by atomic mass is 32.1. The Bertz CT molecular complexity index is 1560. The van der Waals surface area contributed by atoms with E-state index in [1.165, 1.54) is 41.7 Å². The van der Waals surface area contributed by atoms with E-state index < -0.39 is 19.2 Å². The van der Waals surface area contributed by atoms with E-state index in [4.69, 9.17) is 37.2 Å². The molecular weight excluding hydrogens is 517 g/mol. The van der Waals surface area contributed by atoms with Crippen molar-refractivity contribution < 1.29 is 26.7 Å². The highest BCUT2D eigenvalue weighted by Crippen LogP contribution is 2.44. The van der Waals surface area contributed by atoms with Gasteiger partial charge in [0.05, 0.1) is 43.2 Å². The fourth-order valence-electron chi connectivity index (χ4n) is 2.86. The minimum Gasteiger partial charge on any atom is -0.492 e. The summed E-state index contributed by atoms with van der Waals surface area (Å²) in [5.41, 5.74) is -0.186. The minimum atomic E-state index is -4.38. The summed E-state index contributed by atoms with van der Waals surface area (Å²) in [6, 6.07) is 11.6. The zero-order valence-corrected chi connectivity index (χ0v) is 20.1. The van der Waals surface area contributed by atoms with Crippen LogP contribution in [0.2, 0.25) is 0 Å². The lowest BCUT2D eigenvalue weighted by atomic mass is 10.3. The first-order valence-electron chi connectivity index (χ1n) is 10.6. The number of nitrogens with zero attached hydrogens (tertiary/aromatic N) is 4. The smallest absolute Gasteiger partial charge is 0.392 e. The SMILES string of the molecule is [C-]#[N+]/C(C#N)=C\C=C\c1ccc(-c2sc(-c3ccc(/C=C/C=C(\C#N)[N+]#[C-])o3)cc2OCCC(F)(F)F)o1. The summed E-state index contributed by atoms with van der Waals surface area (Å²) in [5.74, 6) is 1.78. The van der Waals surface area contributed by atoms with Gasteiger partial charge in [0.25, 0.3) is 11.4 Å². The fourth-order valence-corrected chi connectivity index (χ4v) is 3.88. The number of alkyl halides is 3. The third-order valence-corrected chi connectivity index (χ3v) is 5.71. The molecule has 0 amide bonds. The van der Waals surface area contributed by atoms with Gasteiger partial charge >= 0.3 is 6.18 Å². The zero-order valence-electron chi connectivity index (χ0n) is 19.3. The molecule has 0 aliphatic carbocycles. The molecule has 0 spiro atoms. The molecule has 0 unspecified atom stereocenters. The quantitative estimate of drug-likeness (QED) is 0.157. The van der Waals surface area contributed by atoms with E-state index in [9.17, 15) is 13.2 Å². The minimum absolute atomic E-state index is 0.0860. The maximum absolute atomic E-state index is 12.7. The second-order valence-electron chi connectivity index (χ2n) is 7.19. The second kappa shape index (κ2) is 12.6. The molecule has 0 saturated carbocycles. The van der Waals surface area contributed by atoms with Gasteiger partial charge in [-0.05, 0) is 48.6 Å². The third kappa shape index (κ3) is 7.63. The lowest BCUT2D eigenvalue weighted by molar-refractivity contribution is -0.139. The Kier molecular flexibility index (Phi) is 9.11. The van der Waals surface area contributed by atoms with Gasteiger partial charge in [-0.3, -0.25) is 0 Å². The largest absolute Gasteiger partial charge is 0.492 e. The number of thiophene rings is 1. The third-order valence-electron chi connectivity index (χ3n) is 4.56. The van der Waals surface area contributed by atoms with Crippen LogP contribution in [0, 0.1) is 35.8 Å². The van der Waals surface area contributed by atoms with E-state index in [1.807, 2.05) is 0 Å². The summed E-state index contributed by atoms with van der Waals surface area (Å²) in [4.78, 5) is 7.12. The van der Waals surface area contributed by atoms with Crippen LogP contribution in [0.5, 0.6) is 5.75 Å². The molecular formula is C27H15F3N4O3S. The number of halogens is 3. The molecule has 188 valence electrons. The molecule has 0 aliphatic heterocycles. The van der Waals surface area contributed by atoms with Gasteiger partial charge in [-0.1, -0.05) is 12.2 Å². The van der Waals surface area contributed by atoms with Crippen LogP contribution in [0.15, 0.2) is 74.9 Å². The van der Waals surface area contributed by atoms with Crippen LogP contribution in [0.1, 0.15) is 17.9 Å². The summed E-state index contributed by atoms with van der Waals surface area (Å²) >= 11 is 1.19. The van der Waals surface area contributed by atoms with Gasteiger partial charge in [0.1, 0.15) is 33.7 Å². The normalized spacial score (nSPS) is 12.3. The molecule has 0 N–H and O–H groups in total. The fraction of sp³-hybridized carbons (Fsp3) is 0.111. The summed E-state index contributed by atoms with van der Waals surface area (Å²) in [5, 5.41) is 17.6. The van der Waals surface area contributed by atoms with E-state index in [2.05, 4.69) is 9.69 Å². The number of hydrogen-bond donors (Lipinski definition) is 0. The Balaban J connectivity index is 1.89. The standard InChI is InChI=1S/C27H15F3N4O3S/c1-33-18(16-31)5-3-7-20-9-11-22(36-20)25-15-24(35-14-13-27(28,29)30)26(38-25)23-12-10-21(37-23)8-4-6-19(17-32)34-2/h3-12,15H,13-14H2/b7-3+,8-4+,18-5+,19-6-. The summed E-state index contributed by atoms with van der Waals surface area (Å²) < 4.78 is 55.1. The van der Waals surface area contributed by atoms with Gasteiger partial charge < -0.3 is 13.6 Å². The van der Waals surface area contributed by atoms with Crippen molar-refractivity contribution >= 4 is 23.5 Å².